The summed E-state index contributed by atoms with van der Waals surface area (Å²) in [6.45, 7) is 0. The maximum Gasteiger partial charge on any atom is 0.198 e. The van der Waals surface area contributed by atoms with Crippen LogP contribution in [0.4, 0.5) is 0 Å². The van der Waals surface area contributed by atoms with Crippen molar-refractivity contribution in [2.75, 3.05) is 0 Å². The maximum atomic E-state index is 10.4. The molecule has 0 spiro atoms. The molecule has 17 heavy (non-hydrogen) atoms. The molecule has 1 saturated carbocycles. The van der Waals surface area contributed by atoms with Gasteiger partial charge in [0.15, 0.2) is 11.5 Å². The van der Waals surface area contributed by atoms with E-state index >= 15 is 0 Å². The summed E-state index contributed by atoms with van der Waals surface area (Å²) in [5.41, 5.74) is 1.09. The van der Waals surface area contributed by atoms with Crippen LogP contribution < -0.4 is 0 Å². The molecule has 1 heterocycles. The summed E-state index contributed by atoms with van der Waals surface area (Å²) in [4.78, 5) is 4.43. The molecule has 1 aromatic carbocycles. The molecule has 0 atom stereocenters. The Bertz CT molecular complexity index is 479. The van der Waals surface area contributed by atoms with Crippen LogP contribution in [0.1, 0.15) is 38.0 Å². The number of hydrogen-bond acceptors (Lipinski definition) is 3. The van der Waals surface area contributed by atoms with Crippen molar-refractivity contribution in [1.82, 2.24) is 4.98 Å². The molecule has 0 amide bonds. The van der Waals surface area contributed by atoms with Crippen molar-refractivity contribution in [2.45, 2.75) is 44.1 Å². The summed E-state index contributed by atoms with van der Waals surface area (Å²) in [6, 6.07) is 7.74. The van der Waals surface area contributed by atoms with Gasteiger partial charge >= 0.3 is 0 Å². The van der Waals surface area contributed by atoms with Gasteiger partial charge in [0.1, 0.15) is 5.52 Å². The zero-order valence-corrected chi connectivity index (χ0v) is 9.85. The van der Waals surface area contributed by atoms with E-state index in [1.54, 1.807) is 0 Å². The van der Waals surface area contributed by atoms with Gasteiger partial charge in [-0.2, -0.15) is 0 Å². The van der Waals surface area contributed by atoms with E-state index in [1.807, 2.05) is 24.3 Å². The van der Waals surface area contributed by atoms with E-state index in [9.17, 15) is 5.11 Å². The average Bonchev–Trinajstić information content (AvgIpc) is 2.71. The predicted molar refractivity (Wildman–Crippen MR) is 65.7 cm³/mol. The average molecular weight is 231 g/mol. The molecule has 3 nitrogen and oxygen atoms in total. The zero-order chi connectivity index (χ0) is 11.7. The van der Waals surface area contributed by atoms with Gasteiger partial charge in [-0.05, 0) is 25.0 Å². The van der Waals surface area contributed by atoms with Crippen LogP contribution in [0.2, 0.25) is 0 Å². The Morgan fingerprint density at radius 1 is 1.18 bits per heavy atom. The Morgan fingerprint density at radius 2 is 1.94 bits per heavy atom. The molecule has 90 valence electrons. The summed E-state index contributed by atoms with van der Waals surface area (Å²) in [6.07, 6.45) is 5.72. The van der Waals surface area contributed by atoms with Gasteiger partial charge in [0.25, 0.3) is 0 Å². The highest BCUT2D eigenvalue weighted by Gasteiger charge is 2.31. The quantitative estimate of drug-likeness (QED) is 0.864. The highest BCUT2D eigenvalue weighted by Crippen LogP contribution is 2.31. The predicted octanol–water partition coefficient (Wildman–Crippen LogP) is 3.07. The second-order valence-electron chi connectivity index (χ2n) is 5.04. The summed E-state index contributed by atoms with van der Waals surface area (Å²) in [5, 5.41) is 10.4. The van der Waals surface area contributed by atoms with E-state index in [4.69, 9.17) is 4.42 Å². The molecule has 0 aliphatic heterocycles. The fourth-order valence-corrected chi connectivity index (χ4v) is 2.66. The number of aliphatic hydroxyl groups is 1. The first kappa shape index (κ1) is 10.8. The minimum absolute atomic E-state index is 0.543. The van der Waals surface area contributed by atoms with Crippen LogP contribution in [-0.2, 0) is 6.42 Å². The summed E-state index contributed by atoms with van der Waals surface area (Å²) in [5.74, 6) is 0.663. The van der Waals surface area contributed by atoms with Crippen LogP contribution >= 0.6 is 0 Å². The standard InChI is InChI=1S/C14H17NO2/c16-14(8-4-1-5-9-14)10-13-15-11-6-2-3-7-12(11)17-13/h2-3,6-7,16H,1,4-5,8-10H2. The highest BCUT2D eigenvalue weighted by atomic mass is 16.4. The number of para-hydroxylation sites is 2. The van der Waals surface area contributed by atoms with Crippen molar-refractivity contribution in [3.63, 3.8) is 0 Å². The molecule has 1 aliphatic carbocycles. The lowest BCUT2D eigenvalue weighted by molar-refractivity contribution is -0.000424. The van der Waals surface area contributed by atoms with Crippen LogP contribution in [0.15, 0.2) is 28.7 Å². The van der Waals surface area contributed by atoms with Gasteiger partial charge in [-0.1, -0.05) is 31.4 Å². The molecule has 0 bridgehead atoms. The topological polar surface area (TPSA) is 46.3 Å². The van der Waals surface area contributed by atoms with E-state index < -0.39 is 5.60 Å². The molecule has 1 N–H and O–H groups in total. The molecule has 0 radical (unpaired) electrons. The molecule has 1 fully saturated rings. The third-order valence-electron chi connectivity index (χ3n) is 3.60. The normalized spacial score (nSPS) is 19.6. The molecule has 1 aromatic heterocycles. The molecular weight excluding hydrogens is 214 g/mol. The Balaban J connectivity index is 1.84. The van der Waals surface area contributed by atoms with E-state index in [1.165, 1.54) is 6.42 Å². The monoisotopic (exact) mass is 231 g/mol. The number of fused-ring (bicyclic) bond motifs is 1. The second-order valence-corrected chi connectivity index (χ2v) is 5.04. The molecule has 0 saturated heterocycles. The molecule has 3 rings (SSSR count). The van der Waals surface area contributed by atoms with Crippen molar-refractivity contribution < 1.29 is 9.52 Å². The van der Waals surface area contributed by atoms with Crippen molar-refractivity contribution in [2.24, 2.45) is 0 Å². The number of oxazole rings is 1. The lowest BCUT2D eigenvalue weighted by atomic mass is 9.82. The summed E-state index contributed by atoms with van der Waals surface area (Å²) >= 11 is 0. The van der Waals surface area contributed by atoms with Gasteiger partial charge < -0.3 is 9.52 Å². The second kappa shape index (κ2) is 4.15. The Labute approximate surface area is 100 Å². The maximum absolute atomic E-state index is 10.4. The molecule has 1 aliphatic rings. The van der Waals surface area contributed by atoms with Crippen LogP contribution in [0.3, 0.4) is 0 Å². The Kier molecular flexibility index (Phi) is 2.63. The zero-order valence-electron chi connectivity index (χ0n) is 9.85. The first-order valence-corrected chi connectivity index (χ1v) is 6.32. The molecule has 0 unspecified atom stereocenters. The fraction of sp³-hybridized carbons (Fsp3) is 0.500. The molecular formula is C14H17NO2. The smallest absolute Gasteiger partial charge is 0.198 e. The summed E-state index contributed by atoms with van der Waals surface area (Å²) in [7, 11) is 0. The Hall–Kier alpha value is -1.35. The minimum Gasteiger partial charge on any atom is -0.441 e. The third-order valence-corrected chi connectivity index (χ3v) is 3.60. The van der Waals surface area contributed by atoms with Crippen LogP contribution in [-0.4, -0.2) is 15.7 Å². The van der Waals surface area contributed by atoms with Gasteiger partial charge in [0.05, 0.1) is 12.0 Å². The van der Waals surface area contributed by atoms with E-state index in [-0.39, 0.29) is 0 Å². The van der Waals surface area contributed by atoms with Crippen molar-refractivity contribution in [3.8, 4) is 0 Å². The third kappa shape index (κ3) is 2.20. The Morgan fingerprint density at radius 3 is 2.71 bits per heavy atom. The van der Waals surface area contributed by atoms with E-state index in [0.717, 1.165) is 36.8 Å². The largest absolute Gasteiger partial charge is 0.441 e. The molecule has 3 heteroatoms. The summed E-state index contributed by atoms with van der Waals surface area (Å²) < 4.78 is 5.66. The van der Waals surface area contributed by atoms with Crippen LogP contribution in [0.5, 0.6) is 0 Å². The SMILES string of the molecule is OC1(Cc2nc3ccccc3o2)CCCCC1. The first-order chi connectivity index (χ1) is 8.25. The first-order valence-electron chi connectivity index (χ1n) is 6.32. The highest BCUT2D eigenvalue weighted by molar-refractivity contribution is 5.72. The van der Waals surface area contributed by atoms with Crippen molar-refractivity contribution in [1.29, 1.82) is 0 Å². The van der Waals surface area contributed by atoms with E-state index in [2.05, 4.69) is 4.98 Å². The van der Waals surface area contributed by atoms with Gasteiger partial charge in [-0.25, -0.2) is 4.98 Å². The number of rotatable bonds is 2. The van der Waals surface area contributed by atoms with E-state index in [0.29, 0.717) is 12.3 Å². The number of aromatic nitrogens is 1. The lowest BCUT2D eigenvalue weighted by Crippen LogP contribution is -2.33. The molecule has 2 aromatic rings. The van der Waals surface area contributed by atoms with Gasteiger partial charge in [0.2, 0.25) is 0 Å². The van der Waals surface area contributed by atoms with Gasteiger partial charge in [-0.3, -0.25) is 0 Å². The lowest BCUT2D eigenvalue weighted by Gasteiger charge is -2.30. The number of hydrogen-bond donors (Lipinski definition) is 1. The fourth-order valence-electron chi connectivity index (χ4n) is 2.66. The van der Waals surface area contributed by atoms with Crippen molar-refractivity contribution >= 4 is 11.1 Å². The van der Waals surface area contributed by atoms with Crippen LogP contribution in [0, 0.1) is 0 Å². The minimum atomic E-state index is -0.598. The van der Waals surface area contributed by atoms with Crippen molar-refractivity contribution in [3.05, 3.63) is 30.2 Å². The van der Waals surface area contributed by atoms with Gasteiger partial charge in [0, 0.05) is 0 Å². The van der Waals surface area contributed by atoms with Gasteiger partial charge in [-0.15, -0.1) is 0 Å². The number of benzene rings is 1. The van der Waals surface area contributed by atoms with Crippen LogP contribution in [0.25, 0.3) is 11.1 Å². The number of nitrogens with zero attached hydrogens (tertiary/aromatic N) is 1.